The van der Waals surface area contributed by atoms with Crippen molar-refractivity contribution in [2.45, 2.75) is 46.1 Å². The average molecular weight is 378 g/mol. The lowest BCUT2D eigenvalue weighted by atomic mass is 10.1. The molecule has 0 saturated carbocycles. The van der Waals surface area contributed by atoms with Crippen LogP contribution in [-0.2, 0) is 13.0 Å². The highest BCUT2D eigenvalue weighted by atomic mass is 16.5. The molecule has 0 bridgehead atoms. The molecule has 2 aromatic carbocycles. The Kier molecular flexibility index (Phi) is 5.96. The lowest BCUT2D eigenvalue weighted by Crippen LogP contribution is -2.21. The highest BCUT2D eigenvalue weighted by Gasteiger charge is 2.14. The van der Waals surface area contributed by atoms with E-state index in [0.717, 1.165) is 24.2 Å². The van der Waals surface area contributed by atoms with Crippen LogP contribution in [0.5, 0.6) is 5.75 Å². The molecule has 0 atom stereocenters. The zero-order valence-corrected chi connectivity index (χ0v) is 17.2. The number of imidazole rings is 1. The minimum absolute atomic E-state index is 0.656. The molecule has 0 amide bonds. The quantitative estimate of drug-likeness (QED) is 0.567. The summed E-state index contributed by atoms with van der Waals surface area (Å²) < 4.78 is 8.45. The third-order valence-electron chi connectivity index (χ3n) is 5.71. The molecule has 0 spiro atoms. The van der Waals surface area contributed by atoms with Gasteiger partial charge in [0, 0.05) is 6.42 Å². The zero-order valence-electron chi connectivity index (χ0n) is 17.2. The summed E-state index contributed by atoms with van der Waals surface area (Å²) in [6, 6.07) is 14.8. The number of benzene rings is 2. The van der Waals surface area contributed by atoms with Crippen molar-refractivity contribution >= 4 is 11.0 Å². The summed E-state index contributed by atoms with van der Waals surface area (Å²) in [5.41, 5.74) is 4.76. The predicted molar refractivity (Wildman–Crippen MR) is 115 cm³/mol. The summed E-state index contributed by atoms with van der Waals surface area (Å²) in [4.78, 5) is 7.50. The highest BCUT2D eigenvalue weighted by molar-refractivity contribution is 5.75. The maximum atomic E-state index is 6.10. The van der Waals surface area contributed by atoms with E-state index in [0.29, 0.717) is 6.61 Å². The molecule has 0 N–H and O–H groups in total. The second kappa shape index (κ2) is 8.78. The molecule has 0 unspecified atom stereocenters. The number of fused-ring (bicyclic) bond motifs is 1. The van der Waals surface area contributed by atoms with Gasteiger partial charge >= 0.3 is 0 Å². The van der Waals surface area contributed by atoms with Crippen molar-refractivity contribution in [1.29, 1.82) is 0 Å². The van der Waals surface area contributed by atoms with Gasteiger partial charge in [-0.25, -0.2) is 4.98 Å². The molecule has 4 rings (SSSR count). The number of aromatic nitrogens is 2. The predicted octanol–water partition coefficient (Wildman–Crippen LogP) is 4.76. The van der Waals surface area contributed by atoms with Crippen LogP contribution in [0, 0.1) is 13.8 Å². The first-order valence-electron chi connectivity index (χ1n) is 10.6. The first-order chi connectivity index (χ1) is 13.7. The largest absolute Gasteiger partial charge is 0.491 e. The fraction of sp³-hybridized carbons (Fsp3) is 0.458. The van der Waals surface area contributed by atoms with E-state index in [1.54, 1.807) is 0 Å². The van der Waals surface area contributed by atoms with E-state index in [1.165, 1.54) is 61.4 Å². The molecule has 28 heavy (non-hydrogen) atoms. The molecule has 0 radical (unpaired) electrons. The molecule has 148 valence electrons. The Hall–Kier alpha value is -2.33. The lowest BCUT2D eigenvalue weighted by molar-refractivity contribution is 0.295. The molecule has 1 aromatic heterocycles. The van der Waals surface area contributed by atoms with E-state index >= 15 is 0 Å². The zero-order chi connectivity index (χ0) is 19.3. The van der Waals surface area contributed by atoms with Crippen LogP contribution in [0.3, 0.4) is 0 Å². The Labute approximate surface area is 168 Å². The Bertz CT molecular complexity index is 925. The average Bonchev–Trinajstić information content (AvgIpc) is 3.32. The summed E-state index contributed by atoms with van der Waals surface area (Å²) in [5.74, 6) is 2.16. The van der Waals surface area contributed by atoms with Crippen molar-refractivity contribution in [2.75, 3.05) is 26.2 Å². The van der Waals surface area contributed by atoms with Gasteiger partial charge in [-0.3, -0.25) is 0 Å². The molecule has 1 aliphatic rings. The van der Waals surface area contributed by atoms with Crippen molar-refractivity contribution in [2.24, 2.45) is 0 Å². The number of hydrogen-bond acceptors (Lipinski definition) is 3. The molecule has 1 aliphatic heterocycles. The first kappa shape index (κ1) is 19.0. The number of nitrogens with zero attached hydrogens (tertiary/aromatic N) is 3. The molecule has 3 aromatic rings. The normalized spacial score (nSPS) is 14.8. The van der Waals surface area contributed by atoms with Crippen LogP contribution in [-0.4, -0.2) is 40.7 Å². The summed E-state index contributed by atoms with van der Waals surface area (Å²) >= 11 is 0. The third-order valence-corrected chi connectivity index (χ3v) is 5.71. The number of rotatable bonds is 8. The van der Waals surface area contributed by atoms with Gasteiger partial charge in [0.05, 0.1) is 17.6 Å². The summed E-state index contributed by atoms with van der Waals surface area (Å²) in [7, 11) is 0. The van der Waals surface area contributed by atoms with Gasteiger partial charge in [0.2, 0.25) is 0 Å². The fourth-order valence-corrected chi connectivity index (χ4v) is 4.24. The third kappa shape index (κ3) is 4.39. The maximum Gasteiger partial charge on any atom is 0.122 e. The van der Waals surface area contributed by atoms with Gasteiger partial charge < -0.3 is 14.2 Å². The first-order valence-corrected chi connectivity index (χ1v) is 10.6. The van der Waals surface area contributed by atoms with Crippen LogP contribution in [0.1, 0.15) is 36.2 Å². The number of likely N-dealkylation sites (tertiary alicyclic amines) is 1. The standard InChI is InChI=1S/C24H31N3O/c1-19-11-12-23(20(2)18-19)28-17-16-27-22-9-4-3-8-21(22)25-24(27)10-7-15-26-13-5-6-14-26/h3-4,8-9,11-12,18H,5-7,10,13-17H2,1-2H3. The molecular weight excluding hydrogens is 346 g/mol. The summed E-state index contributed by atoms with van der Waals surface area (Å²) in [5, 5.41) is 0. The number of para-hydroxylation sites is 2. The van der Waals surface area contributed by atoms with E-state index in [-0.39, 0.29) is 0 Å². The van der Waals surface area contributed by atoms with Crippen LogP contribution in [0.25, 0.3) is 11.0 Å². The maximum absolute atomic E-state index is 6.10. The van der Waals surface area contributed by atoms with Crippen molar-refractivity contribution in [3.05, 3.63) is 59.4 Å². The Balaban J connectivity index is 1.43. The molecule has 0 aliphatic carbocycles. The van der Waals surface area contributed by atoms with E-state index in [9.17, 15) is 0 Å². The second-order valence-corrected chi connectivity index (χ2v) is 7.94. The molecular formula is C24H31N3O. The van der Waals surface area contributed by atoms with Gasteiger partial charge in [0.15, 0.2) is 0 Å². The Morgan fingerprint density at radius 2 is 1.82 bits per heavy atom. The second-order valence-electron chi connectivity index (χ2n) is 7.94. The van der Waals surface area contributed by atoms with E-state index in [4.69, 9.17) is 9.72 Å². The van der Waals surface area contributed by atoms with Crippen LogP contribution >= 0.6 is 0 Å². The summed E-state index contributed by atoms with van der Waals surface area (Å²) in [6.07, 6.45) is 4.90. The van der Waals surface area contributed by atoms with Crippen LogP contribution in [0.2, 0.25) is 0 Å². The van der Waals surface area contributed by atoms with Crippen LogP contribution in [0.4, 0.5) is 0 Å². The molecule has 1 saturated heterocycles. The van der Waals surface area contributed by atoms with Gasteiger partial charge in [-0.1, -0.05) is 29.8 Å². The van der Waals surface area contributed by atoms with Crippen molar-refractivity contribution < 1.29 is 4.74 Å². The Morgan fingerprint density at radius 1 is 1.00 bits per heavy atom. The highest BCUT2D eigenvalue weighted by Crippen LogP contribution is 2.21. The minimum atomic E-state index is 0.656. The number of ether oxygens (including phenoxy) is 1. The lowest BCUT2D eigenvalue weighted by Gasteiger charge is -2.15. The van der Waals surface area contributed by atoms with Crippen molar-refractivity contribution in [3.63, 3.8) is 0 Å². The SMILES string of the molecule is Cc1ccc(OCCn2c(CCCN3CCCC3)nc3ccccc32)c(C)c1. The molecule has 4 nitrogen and oxygen atoms in total. The fourth-order valence-electron chi connectivity index (χ4n) is 4.24. The number of hydrogen-bond donors (Lipinski definition) is 0. The van der Waals surface area contributed by atoms with Crippen molar-refractivity contribution in [1.82, 2.24) is 14.5 Å². The van der Waals surface area contributed by atoms with Crippen LogP contribution in [0.15, 0.2) is 42.5 Å². The van der Waals surface area contributed by atoms with E-state index in [2.05, 4.69) is 65.8 Å². The Morgan fingerprint density at radius 3 is 2.64 bits per heavy atom. The topological polar surface area (TPSA) is 30.3 Å². The molecule has 2 heterocycles. The van der Waals surface area contributed by atoms with Gasteiger partial charge in [-0.15, -0.1) is 0 Å². The van der Waals surface area contributed by atoms with Gasteiger partial charge in [-0.2, -0.15) is 0 Å². The molecule has 4 heteroatoms. The summed E-state index contributed by atoms with van der Waals surface area (Å²) in [6.45, 7) is 9.42. The van der Waals surface area contributed by atoms with Gasteiger partial charge in [0.25, 0.3) is 0 Å². The van der Waals surface area contributed by atoms with Gasteiger partial charge in [-0.05, 0) is 76.5 Å². The minimum Gasteiger partial charge on any atom is -0.491 e. The van der Waals surface area contributed by atoms with Crippen LogP contribution < -0.4 is 4.74 Å². The van der Waals surface area contributed by atoms with E-state index < -0.39 is 0 Å². The number of aryl methyl sites for hydroxylation is 3. The van der Waals surface area contributed by atoms with Gasteiger partial charge in [0.1, 0.15) is 18.2 Å². The smallest absolute Gasteiger partial charge is 0.122 e. The van der Waals surface area contributed by atoms with Crippen molar-refractivity contribution in [3.8, 4) is 5.75 Å². The molecule has 1 fully saturated rings. The monoisotopic (exact) mass is 377 g/mol. The van der Waals surface area contributed by atoms with E-state index in [1.807, 2.05) is 0 Å².